The molecule has 0 bridgehead atoms. The summed E-state index contributed by atoms with van der Waals surface area (Å²) in [6.45, 7) is 2.14. The smallest absolute Gasteiger partial charge is 0.238 e. The third kappa shape index (κ3) is 5.08. The largest absolute Gasteiger partial charge is 0.325 e. The van der Waals surface area contributed by atoms with Crippen LogP contribution in [0.25, 0.3) is 0 Å². The third-order valence-electron chi connectivity index (χ3n) is 2.48. The van der Waals surface area contributed by atoms with Gasteiger partial charge in [0.25, 0.3) is 0 Å². The van der Waals surface area contributed by atoms with Gasteiger partial charge in [-0.2, -0.15) is 5.26 Å². The van der Waals surface area contributed by atoms with Gasteiger partial charge in [0, 0.05) is 11.4 Å². The van der Waals surface area contributed by atoms with Crippen molar-refractivity contribution in [2.75, 3.05) is 31.3 Å². The summed E-state index contributed by atoms with van der Waals surface area (Å²) in [6, 6.07) is 6.95. The number of nitriles is 1. The second kappa shape index (κ2) is 7.26. The van der Waals surface area contributed by atoms with Crippen LogP contribution < -0.4 is 10.6 Å². The van der Waals surface area contributed by atoms with E-state index < -0.39 is 0 Å². The van der Waals surface area contributed by atoms with Gasteiger partial charge in [-0.15, -0.1) is 0 Å². The van der Waals surface area contributed by atoms with Crippen molar-refractivity contribution in [2.45, 2.75) is 13.3 Å². The van der Waals surface area contributed by atoms with E-state index in [1.54, 1.807) is 29.2 Å². The predicted octanol–water partition coefficient (Wildman–Crippen LogP) is 1.35. The van der Waals surface area contributed by atoms with E-state index in [4.69, 9.17) is 5.26 Å². The van der Waals surface area contributed by atoms with Crippen LogP contribution in [0.2, 0.25) is 0 Å². The van der Waals surface area contributed by atoms with E-state index in [1.165, 1.54) is 0 Å². The van der Waals surface area contributed by atoms with Crippen LogP contribution >= 0.6 is 0 Å². The van der Waals surface area contributed by atoms with Crippen LogP contribution in [-0.4, -0.2) is 37.4 Å². The summed E-state index contributed by atoms with van der Waals surface area (Å²) in [6.07, 6.45) is -0.180. The molecule has 6 nitrogen and oxygen atoms in total. The van der Waals surface area contributed by atoms with Crippen LogP contribution in [0.4, 0.5) is 11.4 Å². The first-order valence-electron chi connectivity index (χ1n) is 6.14. The number of nitrogens with zero attached hydrogens (tertiary/aromatic N) is 2. The minimum absolute atomic E-state index is 0.0978. The van der Waals surface area contributed by atoms with Crippen LogP contribution in [0.15, 0.2) is 18.2 Å². The van der Waals surface area contributed by atoms with Crippen LogP contribution in [0.3, 0.4) is 0 Å². The predicted molar refractivity (Wildman–Crippen MR) is 77.2 cm³/mol. The number of hydrogen-bond donors (Lipinski definition) is 2. The van der Waals surface area contributed by atoms with Gasteiger partial charge in [-0.1, -0.05) is 0 Å². The molecule has 2 amide bonds. The molecule has 0 atom stereocenters. The molecule has 0 saturated heterocycles. The molecular weight excluding hydrogens is 256 g/mol. The summed E-state index contributed by atoms with van der Waals surface area (Å²) in [5.41, 5.74) is 2.15. The van der Waals surface area contributed by atoms with Crippen molar-refractivity contribution < 1.29 is 9.59 Å². The van der Waals surface area contributed by atoms with Gasteiger partial charge in [-0.25, -0.2) is 0 Å². The maximum absolute atomic E-state index is 11.7. The van der Waals surface area contributed by atoms with Gasteiger partial charge in [0.15, 0.2) is 0 Å². The Balaban J connectivity index is 2.71. The molecular formula is C14H18N4O2. The van der Waals surface area contributed by atoms with Crippen molar-refractivity contribution in [3.63, 3.8) is 0 Å². The van der Waals surface area contributed by atoms with Gasteiger partial charge >= 0.3 is 0 Å². The summed E-state index contributed by atoms with van der Waals surface area (Å²) in [5.74, 6) is -0.448. The van der Waals surface area contributed by atoms with Crippen molar-refractivity contribution in [3.8, 4) is 6.07 Å². The van der Waals surface area contributed by atoms with E-state index in [0.717, 1.165) is 5.56 Å². The van der Waals surface area contributed by atoms with E-state index in [-0.39, 0.29) is 18.2 Å². The number of rotatable bonds is 5. The third-order valence-corrected chi connectivity index (χ3v) is 2.48. The van der Waals surface area contributed by atoms with E-state index in [9.17, 15) is 9.59 Å². The van der Waals surface area contributed by atoms with Crippen LogP contribution in [0.1, 0.15) is 12.0 Å². The highest BCUT2D eigenvalue weighted by molar-refractivity contribution is 5.95. The monoisotopic (exact) mass is 274 g/mol. The fraction of sp³-hybridized carbons (Fsp3) is 0.357. The molecule has 0 saturated carbocycles. The second-order valence-electron chi connectivity index (χ2n) is 4.70. The average Bonchev–Trinajstić information content (AvgIpc) is 2.32. The Kier molecular flexibility index (Phi) is 5.69. The van der Waals surface area contributed by atoms with Gasteiger partial charge in [-0.3, -0.25) is 9.59 Å². The molecule has 0 heterocycles. The molecule has 0 aromatic heterocycles. The zero-order chi connectivity index (χ0) is 15.1. The topological polar surface area (TPSA) is 85.2 Å². The Morgan fingerprint density at radius 1 is 1.25 bits per heavy atom. The van der Waals surface area contributed by atoms with E-state index in [2.05, 4.69) is 10.6 Å². The lowest BCUT2D eigenvalue weighted by Gasteiger charge is -2.13. The van der Waals surface area contributed by atoms with Gasteiger partial charge < -0.3 is 15.5 Å². The SMILES string of the molecule is Cc1cc(NC(=O)CC#N)ccc1NC(=O)CN(C)C. The maximum Gasteiger partial charge on any atom is 0.238 e. The van der Waals surface area contributed by atoms with Crippen molar-refractivity contribution in [1.29, 1.82) is 5.26 Å². The molecule has 6 heteroatoms. The number of hydrogen-bond acceptors (Lipinski definition) is 4. The Morgan fingerprint density at radius 3 is 2.50 bits per heavy atom. The Labute approximate surface area is 118 Å². The number of nitrogens with one attached hydrogen (secondary N) is 2. The zero-order valence-corrected chi connectivity index (χ0v) is 11.9. The lowest BCUT2D eigenvalue weighted by atomic mass is 10.1. The first-order valence-corrected chi connectivity index (χ1v) is 6.14. The number of anilines is 2. The molecule has 1 aromatic rings. The summed E-state index contributed by atoms with van der Waals surface area (Å²) < 4.78 is 0. The van der Waals surface area contributed by atoms with Gasteiger partial charge in [-0.05, 0) is 44.8 Å². The highest BCUT2D eigenvalue weighted by Gasteiger charge is 2.07. The van der Waals surface area contributed by atoms with Crippen molar-refractivity contribution in [2.24, 2.45) is 0 Å². The number of likely N-dealkylation sites (N-methyl/N-ethyl adjacent to an activating group) is 1. The molecule has 0 aliphatic carbocycles. The Bertz CT molecular complexity index is 547. The average molecular weight is 274 g/mol. The lowest BCUT2D eigenvalue weighted by Crippen LogP contribution is -2.27. The minimum Gasteiger partial charge on any atom is -0.325 e. The molecule has 0 aliphatic heterocycles. The molecule has 0 radical (unpaired) electrons. The highest BCUT2D eigenvalue weighted by Crippen LogP contribution is 2.19. The summed E-state index contributed by atoms with van der Waals surface area (Å²) in [4.78, 5) is 24.7. The fourth-order valence-corrected chi connectivity index (χ4v) is 1.64. The number of aryl methyl sites for hydroxylation is 1. The Morgan fingerprint density at radius 2 is 1.95 bits per heavy atom. The molecule has 1 rings (SSSR count). The molecule has 106 valence electrons. The van der Waals surface area contributed by atoms with E-state index in [1.807, 2.05) is 21.0 Å². The number of carbonyl (C=O) groups is 2. The van der Waals surface area contributed by atoms with Crippen molar-refractivity contribution >= 4 is 23.2 Å². The zero-order valence-electron chi connectivity index (χ0n) is 11.9. The quantitative estimate of drug-likeness (QED) is 0.848. The molecule has 0 aliphatic rings. The standard InChI is InChI=1S/C14H18N4O2/c1-10-8-11(16-13(19)6-7-15)4-5-12(10)17-14(20)9-18(2)3/h4-5,8H,6,9H2,1-3H3,(H,16,19)(H,17,20). The van der Waals surface area contributed by atoms with Gasteiger partial charge in [0.1, 0.15) is 6.42 Å². The number of benzene rings is 1. The van der Waals surface area contributed by atoms with Gasteiger partial charge in [0.2, 0.25) is 11.8 Å². The molecule has 0 unspecified atom stereocenters. The highest BCUT2D eigenvalue weighted by atomic mass is 16.2. The summed E-state index contributed by atoms with van der Waals surface area (Å²) in [5, 5.41) is 13.8. The second-order valence-corrected chi connectivity index (χ2v) is 4.70. The molecule has 0 spiro atoms. The fourth-order valence-electron chi connectivity index (χ4n) is 1.64. The first-order chi connectivity index (χ1) is 9.42. The summed E-state index contributed by atoms with van der Waals surface area (Å²) >= 11 is 0. The lowest BCUT2D eigenvalue weighted by molar-refractivity contribution is -0.117. The molecule has 20 heavy (non-hydrogen) atoms. The van der Waals surface area contributed by atoms with Gasteiger partial charge in [0.05, 0.1) is 12.6 Å². The van der Waals surface area contributed by atoms with Crippen molar-refractivity contribution in [3.05, 3.63) is 23.8 Å². The summed E-state index contributed by atoms with van der Waals surface area (Å²) in [7, 11) is 3.64. The Hall–Kier alpha value is -2.39. The molecule has 1 aromatic carbocycles. The molecule has 0 fully saturated rings. The molecule has 2 N–H and O–H groups in total. The number of amides is 2. The van der Waals surface area contributed by atoms with E-state index in [0.29, 0.717) is 17.9 Å². The first kappa shape index (κ1) is 15.7. The van der Waals surface area contributed by atoms with Crippen molar-refractivity contribution in [1.82, 2.24) is 4.90 Å². The minimum atomic E-state index is -0.351. The maximum atomic E-state index is 11.7. The number of carbonyl (C=O) groups excluding carboxylic acids is 2. The van der Waals surface area contributed by atoms with Crippen LogP contribution in [0, 0.1) is 18.3 Å². The normalized spacial score (nSPS) is 9.95. The van der Waals surface area contributed by atoms with E-state index >= 15 is 0 Å². The van der Waals surface area contributed by atoms with Crippen LogP contribution in [-0.2, 0) is 9.59 Å². The van der Waals surface area contributed by atoms with Crippen LogP contribution in [0.5, 0.6) is 0 Å².